The van der Waals surface area contributed by atoms with E-state index in [1.54, 1.807) is 0 Å². The van der Waals surface area contributed by atoms with Crippen molar-refractivity contribution in [3.8, 4) is 0 Å². The highest BCUT2D eigenvalue weighted by Gasteiger charge is 2.06. The number of rotatable bonds is 2. The van der Waals surface area contributed by atoms with Gasteiger partial charge in [-0.1, -0.05) is 44.0 Å². The first kappa shape index (κ1) is 12.9. The maximum atomic E-state index is 13.1. The maximum absolute atomic E-state index is 13.1. The third-order valence-electron chi connectivity index (χ3n) is 3.09. The lowest BCUT2D eigenvalue weighted by Gasteiger charge is -2.08. The van der Waals surface area contributed by atoms with Gasteiger partial charge in [0.05, 0.1) is 0 Å². The highest BCUT2D eigenvalue weighted by atomic mass is 79.9. The summed E-state index contributed by atoms with van der Waals surface area (Å²) in [6, 6.07) is 13.1. The lowest BCUT2D eigenvalue weighted by Crippen LogP contribution is -1.99. The normalized spacial score (nSPS) is 11.1. The Kier molecular flexibility index (Phi) is 3.46. The second-order valence-corrected chi connectivity index (χ2v) is 6.15. The van der Waals surface area contributed by atoms with Gasteiger partial charge in [-0.05, 0) is 41.3 Å². The van der Waals surface area contributed by atoms with Crippen LogP contribution < -0.4 is 0 Å². The van der Waals surface area contributed by atoms with Crippen LogP contribution in [0.2, 0.25) is 0 Å². The van der Waals surface area contributed by atoms with E-state index in [1.807, 2.05) is 18.3 Å². The molecule has 4 heteroatoms. The first-order valence-electron chi connectivity index (χ1n) is 5.82. The number of nitrogens with zero attached hydrogens (tertiary/aromatic N) is 1. The topological polar surface area (TPSA) is 4.93 Å². The van der Waals surface area contributed by atoms with Crippen molar-refractivity contribution in [2.75, 3.05) is 0 Å². The molecular weight excluding hydrogens is 373 g/mol. The summed E-state index contributed by atoms with van der Waals surface area (Å²) in [5.41, 5.74) is 2.21. The Bertz CT molecular complexity index is 749. The number of hydrogen-bond acceptors (Lipinski definition) is 0. The summed E-state index contributed by atoms with van der Waals surface area (Å²) in [6.07, 6.45) is 2.05. The summed E-state index contributed by atoms with van der Waals surface area (Å²) in [5.74, 6) is -0.226. The molecule has 0 unspecified atom stereocenters. The standard InChI is InChI=1S/C15H10Br2FN/c16-12-3-1-10-5-6-19(15(10)7-12)9-11-2-4-13(18)8-14(11)17/h1-8H,9H2. The molecule has 1 aromatic heterocycles. The maximum Gasteiger partial charge on any atom is 0.124 e. The van der Waals surface area contributed by atoms with E-state index in [9.17, 15) is 4.39 Å². The van der Waals surface area contributed by atoms with Gasteiger partial charge in [0, 0.05) is 27.2 Å². The third kappa shape index (κ3) is 2.60. The van der Waals surface area contributed by atoms with Crippen LogP contribution in [0.15, 0.2) is 57.6 Å². The van der Waals surface area contributed by atoms with Crippen LogP contribution in [0.3, 0.4) is 0 Å². The van der Waals surface area contributed by atoms with Crippen LogP contribution in [0.1, 0.15) is 5.56 Å². The van der Waals surface area contributed by atoms with E-state index < -0.39 is 0 Å². The summed E-state index contributed by atoms with van der Waals surface area (Å²) in [4.78, 5) is 0. The van der Waals surface area contributed by atoms with Gasteiger partial charge in [-0.15, -0.1) is 0 Å². The van der Waals surface area contributed by atoms with Crippen molar-refractivity contribution in [3.05, 3.63) is 69.0 Å². The molecule has 0 fully saturated rings. The molecule has 0 bridgehead atoms. The molecule has 0 aliphatic carbocycles. The minimum Gasteiger partial charge on any atom is -0.343 e. The van der Waals surface area contributed by atoms with Gasteiger partial charge in [-0.2, -0.15) is 0 Å². The smallest absolute Gasteiger partial charge is 0.124 e. The molecule has 19 heavy (non-hydrogen) atoms. The monoisotopic (exact) mass is 381 g/mol. The van der Waals surface area contributed by atoms with E-state index in [0.717, 1.165) is 20.0 Å². The summed E-state index contributed by atoms with van der Waals surface area (Å²) in [5, 5.41) is 1.20. The van der Waals surface area contributed by atoms with Crippen molar-refractivity contribution in [3.63, 3.8) is 0 Å². The molecule has 0 atom stereocenters. The highest BCUT2D eigenvalue weighted by molar-refractivity contribution is 9.10. The molecule has 0 aliphatic rings. The zero-order chi connectivity index (χ0) is 13.4. The Balaban J connectivity index is 2.03. The second kappa shape index (κ2) is 5.10. The van der Waals surface area contributed by atoms with Crippen LogP contribution in [0, 0.1) is 5.82 Å². The molecule has 0 radical (unpaired) electrons. The summed E-state index contributed by atoms with van der Waals surface area (Å²) in [7, 11) is 0. The van der Waals surface area contributed by atoms with Gasteiger partial charge in [0.2, 0.25) is 0 Å². The van der Waals surface area contributed by atoms with Gasteiger partial charge in [0.25, 0.3) is 0 Å². The van der Waals surface area contributed by atoms with Crippen molar-refractivity contribution >= 4 is 42.8 Å². The second-order valence-electron chi connectivity index (χ2n) is 4.38. The van der Waals surface area contributed by atoms with Crippen molar-refractivity contribution < 1.29 is 4.39 Å². The van der Waals surface area contributed by atoms with Crippen LogP contribution >= 0.6 is 31.9 Å². The van der Waals surface area contributed by atoms with E-state index in [4.69, 9.17) is 0 Å². The van der Waals surface area contributed by atoms with Gasteiger partial charge in [-0.3, -0.25) is 0 Å². The average molecular weight is 383 g/mol. The van der Waals surface area contributed by atoms with Crippen LogP contribution in [0.5, 0.6) is 0 Å². The van der Waals surface area contributed by atoms with Crippen LogP contribution in [0.4, 0.5) is 4.39 Å². The molecule has 0 saturated heterocycles. The van der Waals surface area contributed by atoms with Crippen LogP contribution in [-0.4, -0.2) is 4.57 Å². The summed E-state index contributed by atoms with van der Waals surface area (Å²) >= 11 is 6.90. The number of fused-ring (bicyclic) bond motifs is 1. The lowest BCUT2D eigenvalue weighted by molar-refractivity contribution is 0.625. The van der Waals surface area contributed by atoms with E-state index in [-0.39, 0.29) is 5.82 Å². The molecule has 0 saturated carbocycles. The van der Waals surface area contributed by atoms with Crippen molar-refractivity contribution in [2.45, 2.75) is 6.54 Å². The lowest BCUT2D eigenvalue weighted by atomic mass is 10.2. The molecule has 3 aromatic rings. The highest BCUT2D eigenvalue weighted by Crippen LogP contribution is 2.24. The zero-order valence-corrected chi connectivity index (χ0v) is 13.1. The zero-order valence-electron chi connectivity index (χ0n) is 9.91. The Labute approximate surface area is 127 Å². The van der Waals surface area contributed by atoms with Crippen LogP contribution in [0.25, 0.3) is 10.9 Å². The van der Waals surface area contributed by atoms with Crippen molar-refractivity contribution in [1.29, 1.82) is 0 Å². The fourth-order valence-corrected chi connectivity index (χ4v) is 2.95. The number of benzene rings is 2. The molecule has 1 heterocycles. The largest absolute Gasteiger partial charge is 0.343 e. The van der Waals surface area contributed by atoms with Gasteiger partial charge >= 0.3 is 0 Å². The molecule has 1 nitrogen and oxygen atoms in total. The Morgan fingerprint density at radius 1 is 1.00 bits per heavy atom. The van der Waals surface area contributed by atoms with Gasteiger partial charge in [0.1, 0.15) is 5.82 Å². The van der Waals surface area contributed by atoms with E-state index >= 15 is 0 Å². The van der Waals surface area contributed by atoms with Gasteiger partial charge < -0.3 is 4.57 Å². The number of halogens is 3. The SMILES string of the molecule is Fc1ccc(Cn2ccc3ccc(Br)cc32)c(Br)c1. The minimum atomic E-state index is -0.226. The molecular formula is C15H10Br2FN. The number of hydrogen-bond donors (Lipinski definition) is 0. The molecule has 0 aliphatic heterocycles. The first-order chi connectivity index (χ1) is 9.13. The van der Waals surface area contributed by atoms with Gasteiger partial charge in [-0.25, -0.2) is 4.39 Å². The van der Waals surface area contributed by atoms with Crippen LogP contribution in [-0.2, 0) is 6.54 Å². The molecule has 0 N–H and O–H groups in total. The van der Waals surface area contributed by atoms with E-state index in [2.05, 4.69) is 54.6 Å². The van der Waals surface area contributed by atoms with Gasteiger partial charge in [0.15, 0.2) is 0 Å². The fraction of sp³-hybridized carbons (Fsp3) is 0.0667. The van der Waals surface area contributed by atoms with E-state index in [0.29, 0.717) is 6.54 Å². The Morgan fingerprint density at radius 2 is 1.84 bits per heavy atom. The predicted molar refractivity (Wildman–Crippen MR) is 82.8 cm³/mol. The molecule has 96 valence electrons. The molecule has 2 aromatic carbocycles. The molecule has 3 rings (SSSR count). The quantitative estimate of drug-likeness (QED) is 0.562. The predicted octanol–water partition coefficient (Wildman–Crippen LogP) is 5.35. The fourth-order valence-electron chi connectivity index (χ4n) is 2.13. The average Bonchev–Trinajstić information content (AvgIpc) is 2.75. The van der Waals surface area contributed by atoms with Crippen molar-refractivity contribution in [1.82, 2.24) is 4.57 Å². The summed E-state index contributed by atoms with van der Waals surface area (Å²) < 4.78 is 17.1. The Morgan fingerprint density at radius 3 is 2.63 bits per heavy atom. The molecule has 0 spiro atoms. The number of aromatic nitrogens is 1. The van der Waals surface area contributed by atoms with E-state index in [1.165, 1.54) is 17.5 Å². The molecule has 0 amide bonds. The minimum absolute atomic E-state index is 0.226. The Hall–Kier alpha value is -1.13. The van der Waals surface area contributed by atoms with Crippen molar-refractivity contribution in [2.24, 2.45) is 0 Å². The third-order valence-corrected chi connectivity index (χ3v) is 4.32. The summed E-state index contributed by atoms with van der Waals surface area (Å²) in [6.45, 7) is 0.709. The first-order valence-corrected chi connectivity index (χ1v) is 7.40.